The zero-order chi connectivity index (χ0) is 21.1. The van der Waals surface area contributed by atoms with Gasteiger partial charge in [-0.2, -0.15) is 0 Å². The van der Waals surface area contributed by atoms with E-state index in [0.717, 1.165) is 11.4 Å². The second-order valence-corrected chi connectivity index (χ2v) is 7.53. The molecule has 2 aromatic heterocycles. The third-order valence-electron chi connectivity index (χ3n) is 5.21. The molecule has 30 heavy (non-hydrogen) atoms. The SMILES string of the molecule is Cn1cccc1[C@@H]1[C@H](c2ccccn2)NC(=S)N1CCC(=O)Nc1ccccc1F. The molecule has 154 valence electrons. The number of pyridine rings is 1. The molecule has 1 amide bonds. The molecule has 1 aliphatic heterocycles. The number of hydrogen-bond acceptors (Lipinski definition) is 3. The number of aromatic nitrogens is 2. The zero-order valence-corrected chi connectivity index (χ0v) is 17.3. The van der Waals surface area contributed by atoms with Crippen LogP contribution >= 0.6 is 12.2 Å². The Morgan fingerprint density at radius 1 is 1.20 bits per heavy atom. The molecule has 1 fully saturated rings. The number of hydrogen-bond donors (Lipinski definition) is 2. The first-order valence-electron chi connectivity index (χ1n) is 9.68. The van der Waals surface area contributed by atoms with Crippen molar-refractivity contribution in [2.24, 2.45) is 7.05 Å². The fourth-order valence-corrected chi connectivity index (χ4v) is 4.08. The first kappa shape index (κ1) is 20.0. The zero-order valence-electron chi connectivity index (χ0n) is 16.5. The normalized spacial score (nSPS) is 18.3. The van der Waals surface area contributed by atoms with E-state index in [2.05, 4.69) is 15.6 Å². The van der Waals surface area contributed by atoms with Gasteiger partial charge < -0.3 is 20.1 Å². The van der Waals surface area contributed by atoms with Gasteiger partial charge in [-0.25, -0.2) is 4.39 Å². The molecule has 2 N–H and O–H groups in total. The van der Waals surface area contributed by atoms with Crippen LogP contribution in [-0.2, 0) is 11.8 Å². The molecule has 0 spiro atoms. The molecule has 8 heteroatoms. The van der Waals surface area contributed by atoms with E-state index in [4.69, 9.17) is 12.2 Å². The average Bonchev–Trinajstić information content (AvgIpc) is 3.31. The summed E-state index contributed by atoms with van der Waals surface area (Å²) >= 11 is 5.60. The van der Waals surface area contributed by atoms with Crippen LogP contribution < -0.4 is 10.6 Å². The molecule has 0 unspecified atom stereocenters. The second kappa shape index (κ2) is 8.62. The minimum atomic E-state index is -0.457. The number of rotatable bonds is 6. The molecule has 4 rings (SSSR count). The van der Waals surface area contributed by atoms with Crippen molar-refractivity contribution in [1.29, 1.82) is 0 Å². The van der Waals surface area contributed by atoms with Gasteiger partial charge in [0.05, 0.1) is 23.5 Å². The van der Waals surface area contributed by atoms with E-state index in [9.17, 15) is 9.18 Å². The Morgan fingerprint density at radius 2 is 2.00 bits per heavy atom. The Labute approximate surface area is 179 Å². The van der Waals surface area contributed by atoms with E-state index in [1.807, 2.05) is 53.0 Å². The first-order valence-corrected chi connectivity index (χ1v) is 10.1. The molecule has 1 saturated heterocycles. The molecule has 3 aromatic rings. The molecule has 1 aromatic carbocycles. The lowest BCUT2D eigenvalue weighted by Gasteiger charge is -2.28. The summed E-state index contributed by atoms with van der Waals surface area (Å²) < 4.78 is 15.9. The average molecular weight is 424 g/mol. The van der Waals surface area contributed by atoms with Crippen LogP contribution in [0.3, 0.4) is 0 Å². The van der Waals surface area contributed by atoms with Gasteiger partial charge in [-0.05, 0) is 48.6 Å². The summed E-state index contributed by atoms with van der Waals surface area (Å²) in [6.45, 7) is 0.394. The number of amides is 1. The largest absolute Gasteiger partial charge is 0.353 e. The number of nitrogens with one attached hydrogen (secondary N) is 2. The fraction of sp³-hybridized carbons (Fsp3) is 0.227. The minimum absolute atomic E-state index is 0.117. The summed E-state index contributed by atoms with van der Waals surface area (Å²) in [5.41, 5.74) is 2.12. The smallest absolute Gasteiger partial charge is 0.226 e. The molecule has 6 nitrogen and oxygen atoms in total. The lowest BCUT2D eigenvalue weighted by molar-refractivity contribution is -0.116. The Morgan fingerprint density at radius 3 is 2.70 bits per heavy atom. The van der Waals surface area contributed by atoms with Crippen LogP contribution in [0.4, 0.5) is 10.1 Å². The highest BCUT2D eigenvalue weighted by molar-refractivity contribution is 7.80. The number of aryl methyl sites for hydroxylation is 1. The Hall–Kier alpha value is -3.26. The van der Waals surface area contributed by atoms with Crippen molar-refractivity contribution < 1.29 is 9.18 Å². The predicted octanol–water partition coefficient (Wildman–Crippen LogP) is 3.56. The van der Waals surface area contributed by atoms with Crippen LogP contribution in [0.15, 0.2) is 67.0 Å². The van der Waals surface area contributed by atoms with Crippen molar-refractivity contribution in [3.63, 3.8) is 0 Å². The van der Waals surface area contributed by atoms with Crippen molar-refractivity contribution in [1.82, 2.24) is 19.8 Å². The van der Waals surface area contributed by atoms with E-state index in [-0.39, 0.29) is 30.1 Å². The molecule has 0 bridgehead atoms. The van der Waals surface area contributed by atoms with Crippen molar-refractivity contribution in [2.45, 2.75) is 18.5 Å². The number of thiocarbonyl (C=S) groups is 1. The maximum atomic E-state index is 13.8. The molecule has 2 atom stereocenters. The topological polar surface area (TPSA) is 62.2 Å². The van der Waals surface area contributed by atoms with E-state index in [1.165, 1.54) is 6.07 Å². The third-order valence-corrected chi connectivity index (χ3v) is 5.56. The highest BCUT2D eigenvalue weighted by atomic mass is 32.1. The molecule has 3 heterocycles. The minimum Gasteiger partial charge on any atom is -0.353 e. The molecular formula is C22H22FN5OS. The van der Waals surface area contributed by atoms with Crippen LogP contribution in [0.1, 0.15) is 29.9 Å². The molecule has 0 radical (unpaired) electrons. The Balaban J connectivity index is 1.53. The van der Waals surface area contributed by atoms with Crippen molar-refractivity contribution in [2.75, 3.05) is 11.9 Å². The quantitative estimate of drug-likeness (QED) is 0.594. The summed E-state index contributed by atoms with van der Waals surface area (Å²) in [7, 11) is 1.98. The highest BCUT2D eigenvalue weighted by Gasteiger charge is 2.40. The van der Waals surface area contributed by atoms with Crippen LogP contribution in [0.2, 0.25) is 0 Å². The van der Waals surface area contributed by atoms with Crippen LogP contribution in [0, 0.1) is 5.82 Å². The standard InChI is InChI=1S/C22H22FN5OS/c1-27-13-6-10-18(27)21-20(17-9-4-5-12-24-17)26-22(30)28(21)14-11-19(29)25-16-8-3-2-7-15(16)23/h2-10,12-13,20-21H,11,14H2,1H3,(H,25,29)(H,26,30)/t20-,21+/m0/s1. The van der Waals surface area contributed by atoms with Crippen molar-refractivity contribution >= 4 is 28.9 Å². The van der Waals surface area contributed by atoms with Crippen LogP contribution in [-0.4, -0.2) is 32.0 Å². The maximum absolute atomic E-state index is 13.8. The Bertz CT molecular complexity index is 1050. The van der Waals surface area contributed by atoms with Gasteiger partial charge in [0.25, 0.3) is 0 Å². The van der Waals surface area contributed by atoms with E-state index >= 15 is 0 Å². The van der Waals surface area contributed by atoms with Crippen molar-refractivity contribution in [3.05, 3.63) is 84.2 Å². The number of carbonyl (C=O) groups is 1. The van der Waals surface area contributed by atoms with Gasteiger partial charge >= 0.3 is 0 Å². The summed E-state index contributed by atoms with van der Waals surface area (Å²) in [5, 5.41) is 6.55. The van der Waals surface area contributed by atoms with Gasteiger partial charge in [-0.3, -0.25) is 9.78 Å². The lowest BCUT2D eigenvalue weighted by atomic mass is 10.0. The number of benzene rings is 1. The number of nitrogens with zero attached hydrogens (tertiary/aromatic N) is 3. The number of para-hydroxylation sites is 1. The maximum Gasteiger partial charge on any atom is 0.226 e. The highest BCUT2D eigenvalue weighted by Crippen LogP contribution is 2.38. The van der Waals surface area contributed by atoms with Gasteiger partial charge in [-0.1, -0.05) is 18.2 Å². The van der Waals surface area contributed by atoms with Crippen LogP contribution in [0.25, 0.3) is 0 Å². The summed E-state index contributed by atoms with van der Waals surface area (Å²) in [6.07, 6.45) is 3.91. The number of carbonyl (C=O) groups excluding carboxylic acids is 1. The number of halogens is 1. The molecule has 0 aliphatic carbocycles. The van der Waals surface area contributed by atoms with E-state index < -0.39 is 5.82 Å². The molecule has 1 aliphatic rings. The number of anilines is 1. The van der Waals surface area contributed by atoms with Gasteiger partial charge in [0.1, 0.15) is 5.82 Å². The fourth-order valence-electron chi connectivity index (χ4n) is 3.75. The van der Waals surface area contributed by atoms with Crippen molar-refractivity contribution in [3.8, 4) is 0 Å². The lowest BCUT2D eigenvalue weighted by Crippen LogP contribution is -2.33. The van der Waals surface area contributed by atoms with Gasteiger partial charge in [0.2, 0.25) is 5.91 Å². The second-order valence-electron chi connectivity index (χ2n) is 7.14. The van der Waals surface area contributed by atoms with Crippen LogP contribution in [0.5, 0.6) is 0 Å². The van der Waals surface area contributed by atoms with Gasteiger partial charge in [0, 0.05) is 38.1 Å². The summed E-state index contributed by atoms with van der Waals surface area (Å²) in [5.74, 6) is -0.726. The van der Waals surface area contributed by atoms with Gasteiger partial charge in [-0.15, -0.1) is 0 Å². The monoisotopic (exact) mass is 423 g/mol. The molecular weight excluding hydrogens is 401 g/mol. The van der Waals surface area contributed by atoms with E-state index in [0.29, 0.717) is 11.7 Å². The van der Waals surface area contributed by atoms with E-state index in [1.54, 1.807) is 24.4 Å². The summed E-state index contributed by atoms with van der Waals surface area (Å²) in [4.78, 5) is 19.0. The molecule has 0 saturated carbocycles. The first-order chi connectivity index (χ1) is 14.5. The van der Waals surface area contributed by atoms with Gasteiger partial charge in [0.15, 0.2) is 5.11 Å². The summed E-state index contributed by atoms with van der Waals surface area (Å²) in [6, 6.07) is 15.7. The Kier molecular flexibility index (Phi) is 5.76. The predicted molar refractivity (Wildman–Crippen MR) is 117 cm³/mol. The third kappa shape index (κ3) is 4.04.